The van der Waals surface area contributed by atoms with E-state index in [1.807, 2.05) is 31.2 Å². The van der Waals surface area contributed by atoms with Crippen LogP contribution in [0.15, 0.2) is 24.3 Å². The third-order valence-electron chi connectivity index (χ3n) is 3.94. The fourth-order valence-electron chi connectivity index (χ4n) is 2.66. The molecule has 0 aliphatic heterocycles. The van der Waals surface area contributed by atoms with E-state index < -0.39 is 0 Å². The van der Waals surface area contributed by atoms with Crippen LogP contribution in [0, 0.1) is 5.92 Å². The van der Waals surface area contributed by atoms with Gasteiger partial charge < -0.3 is 15.2 Å². The molecule has 0 spiro atoms. The lowest BCUT2D eigenvalue weighted by molar-refractivity contribution is 0.220. The molecule has 112 valence electrons. The van der Waals surface area contributed by atoms with Gasteiger partial charge in [0.05, 0.1) is 6.61 Å². The largest absolute Gasteiger partial charge is 0.493 e. The molecular weight excluding hydrogens is 250 g/mol. The Balaban J connectivity index is 1.84. The topological polar surface area (TPSA) is 44.5 Å². The molecule has 2 rings (SSSR count). The molecule has 1 atom stereocenters. The minimum absolute atomic E-state index is 0.0344. The van der Waals surface area contributed by atoms with Gasteiger partial charge in [-0.1, -0.05) is 31.7 Å². The number of hydrogen-bond acceptors (Lipinski definition) is 3. The minimum Gasteiger partial charge on any atom is -0.493 e. The van der Waals surface area contributed by atoms with E-state index >= 15 is 0 Å². The van der Waals surface area contributed by atoms with Gasteiger partial charge in [0, 0.05) is 12.6 Å². The lowest BCUT2D eigenvalue weighted by atomic mass is 10.0. The van der Waals surface area contributed by atoms with Crippen molar-refractivity contribution in [3.63, 3.8) is 0 Å². The SMILES string of the molecule is C[C@@H](CN)Oc1cccc(OCC2CCCCCC2)c1. The fourth-order valence-corrected chi connectivity index (χ4v) is 2.66. The van der Waals surface area contributed by atoms with Gasteiger partial charge in [0.25, 0.3) is 0 Å². The normalized spacial score (nSPS) is 18.3. The number of rotatable bonds is 6. The molecular formula is C17H27NO2. The Morgan fingerprint density at radius 3 is 2.55 bits per heavy atom. The highest BCUT2D eigenvalue weighted by atomic mass is 16.5. The molecule has 0 aromatic heterocycles. The maximum atomic E-state index is 5.95. The third-order valence-corrected chi connectivity index (χ3v) is 3.94. The van der Waals surface area contributed by atoms with Crippen molar-refractivity contribution in [1.29, 1.82) is 0 Å². The Morgan fingerprint density at radius 1 is 1.15 bits per heavy atom. The number of nitrogens with two attached hydrogens (primary N) is 1. The van der Waals surface area contributed by atoms with Gasteiger partial charge in [-0.05, 0) is 37.8 Å². The Morgan fingerprint density at radius 2 is 1.85 bits per heavy atom. The van der Waals surface area contributed by atoms with E-state index in [0.717, 1.165) is 18.1 Å². The summed E-state index contributed by atoms with van der Waals surface area (Å²) in [6.07, 6.45) is 8.12. The molecule has 1 fully saturated rings. The van der Waals surface area contributed by atoms with Crippen LogP contribution < -0.4 is 15.2 Å². The number of hydrogen-bond donors (Lipinski definition) is 1. The Kier molecular flexibility index (Phi) is 6.19. The zero-order valence-electron chi connectivity index (χ0n) is 12.5. The van der Waals surface area contributed by atoms with Crippen molar-refractivity contribution < 1.29 is 9.47 Å². The van der Waals surface area contributed by atoms with Crippen molar-refractivity contribution in [1.82, 2.24) is 0 Å². The van der Waals surface area contributed by atoms with E-state index in [2.05, 4.69) is 0 Å². The minimum atomic E-state index is 0.0344. The molecule has 0 radical (unpaired) electrons. The zero-order valence-corrected chi connectivity index (χ0v) is 12.5. The average molecular weight is 277 g/mol. The van der Waals surface area contributed by atoms with Gasteiger partial charge >= 0.3 is 0 Å². The molecule has 0 saturated heterocycles. The predicted octanol–water partition coefficient (Wildman–Crippen LogP) is 3.76. The predicted molar refractivity (Wildman–Crippen MR) is 82.3 cm³/mol. The first-order chi connectivity index (χ1) is 9.78. The standard InChI is InChI=1S/C17H27NO2/c1-14(12-18)20-17-10-6-9-16(11-17)19-13-15-7-4-2-3-5-8-15/h6,9-11,14-15H,2-5,7-8,12-13,18H2,1H3/t14-/m0/s1. The highest BCUT2D eigenvalue weighted by molar-refractivity contribution is 5.33. The summed E-state index contributed by atoms with van der Waals surface area (Å²) in [7, 11) is 0. The fraction of sp³-hybridized carbons (Fsp3) is 0.647. The lowest BCUT2D eigenvalue weighted by Crippen LogP contribution is -2.22. The Hall–Kier alpha value is -1.22. The zero-order chi connectivity index (χ0) is 14.2. The van der Waals surface area contributed by atoms with E-state index in [1.165, 1.54) is 38.5 Å². The molecule has 1 aromatic rings. The molecule has 2 N–H and O–H groups in total. The summed E-state index contributed by atoms with van der Waals surface area (Å²) in [6, 6.07) is 7.88. The summed E-state index contributed by atoms with van der Waals surface area (Å²) in [4.78, 5) is 0. The average Bonchev–Trinajstić information content (AvgIpc) is 2.74. The van der Waals surface area contributed by atoms with Crippen molar-refractivity contribution in [2.24, 2.45) is 11.7 Å². The summed E-state index contributed by atoms with van der Waals surface area (Å²) in [5, 5.41) is 0. The van der Waals surface area contributed by atoms with Crippen LogP contribution in [-0.2, 0) is 0 Å². The molecule has 0 bridgehead atoms. The van der Waals surface area contributed by atoms with Gasteiger partial charge in [-0.2, -0.15) is 0 Å². The molecule has 0 unspecified atom stereocenters. The third kappa shape index (κ3) is 5.04. The van der Waals surface area contributed by atoms with E-state index in [0.29, 0.717) is 12.5 Å². The van der Waals surface area contributed by atoms with Gasteiger partial charge in [-0.15, -0.1) is 0 Å². The second-order valence-electron chi connectivity index (χ2n) is 5.81. The molecule has 3 heteroatoms. The first kappa shape index (κ1) is 15.2. The molecule has 20 heavy (non-hydrogen) atoms. The number of ether oxygens (including phenoxy) is 2. The summed E-state index contributed by atoms with van der Waals surface area (Å²) >= 11 is 0. The van der Waals surface area contributed by atoms with Gasteiger partial charge in [-0.25, -0.2) is 0 Å². The maximum Gasteiger partial charge on any atom is 0.123 e. The highest BCUT2D eigenvalue weighted by Crippen LogP contribution is 2.25. The summed E-state index contributed by atoms with van der Waals surface area (Å²) in [5.74, 6) is 2.45. The Labute approximate surface area is 122 Å². The van der Waals surface area contributed by atoms with E-state index in [9.17, 15) is 0 Å². The maximum absolute atomic E-state index is 5.95. The smallest absolute Gasteiger partial charge is 0.123 e. The van der Waals surface area contributed by atoms with Crippen LogP contribution in [0.3, 0.4) is 0 Å². The summed E-state index contributed by atoms with van der Waals surface area (Å²) in [5.41, 5.74) is 5.57. The van der Waals surface area contributed by atoms with Gasteiger partial charge in [0.2, 0.25) is 0 Å². The molecule has 0 heterocycles. The molecule has 1 saturated carbocycles. The van der Waals surface area contributed by atoms with Crippen molar-refractivity contribution in [3.8, 4) is 11.5 Å². The lowest BCUT2D eigenvalue weighted by Gasteiger charge is -2.16. The van der Waals surface area contributed by atoms with Crippen LogP contribution in [0.2, 0.25) is 0 Å². The molecule has 1 aliphatic carbocycles. The molecule has 0 amide bonds. The quantitative estimate of drug-likeness (QED) is 0.805. The Bertz CT molecular complexity index is 386. The van der Waals surface area contributed by atoms with Gasteiger partial charge in [-0.3, -0.25) is 0 Å². The van der Waals surface area contributed by atoms with Crippen LogP contribution in [0.4, 0.5) is 0 Å². The van der Waals surface area contributed by atoms with Crippen molar-refractivity contribution in [2.45, 2.75) is 51.6 Å². The van der Waals surface area contributed by atoms with E-state index in [1.54, 1.807) is 0 Å². The highest BCUT2D eigenvalue weighted by Gasteiger charge is 2.13. The van der Waals surface area contributed by atoms with Crippen molar-refractivity contribution >= 4 is 0 Å². The molecule has 3 nitrogen and oxygen atoms in total. The molecule has 1 aromatic carbocycles. The van der Waals surface area contributed by atoms with E-state index in [-0.39, 0.29) is 6.10 Å². The van der Waals surface area contributed by atoms with Crippen LogP contribution in [0.1, 0.15) is 45.4 Å². The van der Waals surface area contributed by atoms with Gasteiger partial charge in [0.1, 0.15) is 17.6 Å². The first-order valence-corrected chi connectivity index (χ1v) is 7.87. The second-order valence-corrected chi connectivity index (χ2v) is 5.81. The summed E-state index contributed by atoms with van der Waals surface area (Å²) in [6.45, 7) is 3.32. The molecule has 1 aliphatic rings. The van der Waals surface area contributed by atoms with Crippen LogP contribution in [0.25, 0.3) is 0 Å². The van der Waals surface area contributed by atoms with Crippen molar-refractivity contribution in [3.05, 3.63) is 24.3 Å². The van der Waals surface area contributed by atoms with Crippen LogP contribution >= 0.6 is 0 Å². The second kappa shape index (κ2) is 8.15. The monoisotopic (exact) mass is 277 g/mol. The van der Waals surface area contributed by atoms with Crippen molar-refractivity contribution in [2.75, 3.05) is 13.2 Å². The first-order valence-electron chi connectivity index (χ1n) is 7.87. The van der Waals surface area contributed by atoms with E-state index in [4.69, 9.17) is 15.2 Å². The van der Waals surface area contributed by atoms with Crippen LogP contribution in [0.5, 0.6) is 11.5 Å². The van der Waals surface area contributed by atoms with Crippen LogP contribution in [-0.4, -0.2) is 19.3 Å². The number of benzene rings is 1. The summed E-state index contributed by atoms with van der Waals surface area (Å²) < 4.78 is 11.7. The van der Waals surface area contributed by atoms with Gasteiger partial charge in [0.15, 0.2) is 0 Å².